The van der Waals surface area contributed by atoms with Crippen molar-refractivity contribution in [2.45, 2.75) is 58.3 Å². The maximum Gasteiger partial charge on any atom is 0.244 e. The molecule has 3 nitrogen and oxygen atoms in total. The number of nitrogens with zero attached hydrogens (tertiary/aromatic N) is 1. The lowest BCUT2D eigenvalue weighted by atomic mass is 9.99. The zero-order chi connectivity index (χ0) is 15.5. The van der Waals surface area contributed by atoms with Crippen LogP contribution in [0.15, 0.2) is 16.8 Å². The van der Waals surface area contributed by atoms with E-state index in [0.717, 1.165) is 24.3 Å². The van der Waals surface area contributed by atoms with Crippen LogP contribution in [0.5, 0.6) is 0 Å². The van der Waals surface area contributed by atoms with Crippen LogP contribution >= 0.6 is 23.1 Å². The lowest BCUT2D eigenvalue weighted by Crippen LogP contribution is -2.44. The highest BCUT2D eigenvalue weighted by molar-refractivity contribution is 7.99. The molecule has 1 aromatic rings. The molecule has 2 rings (SSSR count). The van der Waals surface area contributed by atoms with Gasteiger partial charge in [-0.3, -0.25) is 10.1 Å². The van der Waals surface area contributed by atoms with Crippen LogP contribution in [0.2, 0.25) is 0 Å². The molecule has 1 N–H and O–H groups in total. The van der Waals surface area contributed by atoms with Gasteiger partial charge in [-0.05, 0) is 60.6 Å². The van der Waals surface area contributed by atoms with E-state index in [0.29, 0.717) is 0 Å². The maximum atomic E-state index is 12.9. The largest absolute Gasteiger partial charge is 0.319 e. The molecule has 0 saturated carbocycles. The first-order valence-corrected chi connectivity index (χ1v) is 9.83. The van der Waals surface area contributed by atoms with Crippen LogP contribution in [0.25, 0.3) is 0 Å². The van der Waals surface area contributed by atoms with Crippen molar-refractivity contribution < 1.29 is 4.79 Å². The van der Waals surface area contributed by atoms with Gasteiger partial charge >= 0.3 is 0 Å². The summed E-state index contributed by atoms with van der Waals surface area (Å²) >= 11 is 3.63. The third kappa shape index (κ3) is 3.46. The van der Waals surface area contributed by atoms with Gasteiger partial charge in [-0.1, -0.05) is 13.8 Å². The first kappa shape index (κ1) is 16.8. The fourth-order valence-electron chi connectivity index (χ4n) is 2.75. The summed E-state index contributed by atoms with van der Waals surface area (Å²) in [7, 11) is 0. The zero-order valence-electron chi connectivity index (χ0n) is 13.4. The highest BCUT2D eigenvalue weighted by atomic mass is 32.2. The number of amides is 1. The molecular formula is C16H26N2OS2. The molecule has 0 bridgehead atoms. The average Bonchev–Trinajstić information content (AvgIpc) is 3.07. The second-order valence-electron chi connectivity index (χ2n) is 5.84. The lowest BCUT2D eigenvalue weighted by molar-refractivity contribution is -0.134. The number of hydrogen-bond donors (Lipinski definition) is 1. The first-order chi connectivity index (χ1) is 10.0. The molecule has 3 atom stereocenters. The van der Waals surface area contributed by atoms with E-state index in [1.165, 1.54) is 5.56 Å². The van der Waals surface area contributed by atoms with Crippen LogP contribution in [0.1, 0.15) is 52.3 Å². The molecule has 21 heavy (non-hydrogen) atoms. The van der Waals surface area contributed by atoms with Crippen LogP contribution in [-0.2, 0) is 4.79 Å². The Hall–Kier alpha value is -0.520. The summed E-state index contributed by atoms with van der Waals surface area (Å²) in [5.41, 5.74) is 0.777. The fraction of sp³-hybridized carbons (Fsp3) is 0.688. The summed E-state index contributed by atoms with van der Waals surface area (Å²) in [6, 6.07) is 2.39. The Morgan fingerprint density at radius 3 is 2.86 bits per heavy atom. The molecule has 3 unspecified atom stereocenters. The fourth-order valence-corrected chi connectivity index (χ4v) is 4.23. The van der Waals surface area contributed by atoms with Gasteiger partial charge in [0.25, 0.3) is 0 Å². The van der Waals surface area contributed by atoms with Crippen molar-refractivity contribution in [1.82, 2.24) is 10.2 Å². The Bertz CT molecular complexity index is 463. The molecule has 1 saturated heterocycles. The van der Waals surface area contributed by atoms with Crippen LogP contribution < -0.4 is 5.32 Å². The Balaban J connectivity index is 2.19. The van der Waals surface area contributed by atoms with E-state index in [1.54, 1.807) is 11.3 Å². The number of rotatable bonds is 7. The van der Waals surface area contributed by atoms with Gasteiger partial charge in [0.1, 0.15) is 6.17 Å². The quantitative estimate of drug-likeness (QED) is 0.772. The second kappa shape index (κ2) is 7.16. The molecule has 1 aliphatic heterocycles. The zero-order valence-corrected chi connectivity index (χ0v) is 15.0. The van der Waals surface area contributed by atoms with Crippen molar-refractivity contribution >= 4 is 29.0 Å². The normalized spacial score (nSPS) is 27.3. The van der Waals surface area contributed by atoms with E-state index in [1.807, 2.05) is 18.7 Å². The predicted octanol–water partition coefficient (Wildman–Crippen LogP) is 3.88. The van der Waals surface area contributed by atoms with Crippen molar-refractivity contribution in [2.75, 3.05) is 11.5 Å². The maximum absolute atomic E-state index is 12.9. The van der Waals surface area contributed by atoms with Gasteiger partial charge in [-0.15, -0.1) is 0 Å². The Morgan fingerprint density at radius 2 is 2.29 bits per heavy atom. The van der Waals surface area contributed by atoms with Gasteiger partial charge in [-0.25, -0.2) is 0 Å². The Labute approximate surface area is 136 Å². The number of carbonyl (C=O) groups excluding carboxylic acids is 1. The van der Waals surface area contributed by atoms with Crippen LogP contribution in [0.4, 0.5) is 0 Å². The van der Waals surface area contributed by atoms with Crippen LogP contribution in [0.3, 0.4) is 0 Å². The lowest BCUT2D eigenvalue weighted by Gasteiger charge is -2.30. The molecular weight excluding hydrogens is 300 g/mol. The van der Waals surface area contributed by atoms with Gasteiger partial charge in [0.05, 0.1) is 5.54 Å². The molecule has 1 fully saturated rings. The van der Waals surface area contributed by atoms with Crippen molar-refractivity contribution in [3.8, 4) is 0 Å². The summed E-state index contributed by atoms with van der Waals surface area (Å²) in [6.45, 7) is 8.47. The molecule has 1 amide bonds. The van der Waals surface area contributed by atoms with Crippen molar-refractivity contribution in [3.05, 3.63) is 22.4 Å². The number of hydrogen-bond acceptors (Lipinski definition) is 4. The van der Waals surface area contributed by atoms with Gasteiger partial charge < -0.3 is 4.90 Å². The molecule has 1 aromatic heterocycles. The molecule has 0 aliphatic carbocycles. The topological polar surface area (TPSA) is 32.3 Å². The number of nitrogens with one attached hydrogen (secondary N) is 1. The van der Waals surface area contributed by atoms with Crippen LogP contribution in [-0.4, -0.2) is 33.9 Å². The Morgan fingerprint density at radius 1 is 1.52 bits per heavy atom. The van der Waals surface area contributed by atoms with Crippen molar-refractivity contribution in [3.63, 3.8) is 0 Å². The van der Waals surface area contributed by atoms with Crippen molar-refractivity contribution in [1.29, 1.82) is 0 Å². The van der Waals surface area contributed by atoms with E-state index in [9.17, 15) is 4.79 Å². The molecule has 5 heteroatoms. The minimum absolute atomic E-state index is 0.0235. The summed E-state index contributed by atoms with van der Waals surface area (Å²) < 4.78 is 0. The van der Waals surface area contributed by atoms with E-state index >= 15 is 0 Å². The van der Waals surface area contributed by atoms with E-state index < -0.39 is 5.54 Å². The van der Waals surface area contributed by atoms with Gasteiger partial charge in [0.2, 0.25) is 5.91 Å². The van der Waals surface area contributed by atoms with Gasteiger partial charge in [0.15, 0.2) is 0 Å². The summed E-state index contributed by atoms with van der Waals surface area (Å²) in [5.74, 6) is 2.50. The third-order valence-electron chi connectivity index (χ3n) is 4.36. The molecule has 118 valence electrons. The number of thioether (sulfide) groups is 1. The minimum atomic E-state index is -0.432. The minimum Gasteiger partial charge on any atom is -0.319 e. The summed E-state index contributed by atoms with van der Waals surface area (Å²) in [6.07, 6.45) is 1.89. The summed E-state index contributed by atoms with van der Waals surface area (Å²) in [4.78, 5) is 15.0. The second-order valence-corrected chi connectivity index (χ2v) is 8.01. The number of carbonyl (C=O) groups is 1. The average molecular weight is 327 g/mol. The number of thiophene rings is 1. The Kier molecular flexibility index (Phi) is 5.74. The molecule has 0 spiro atoms. The van der Waals surface area contributed by atoms with Gasteiger partial charge in [0, 0.05) is 6.04 Å². The predicted molar refractivity (Wildman–Crippen MR) is 92.8 cm³/mol. The highest BCUT2D eigenvalue weighted by Crippen LogP contribution is 2.35. The van der Waals surface area contributed by atoms with E-state index in [2.05, 4.69) is 47.8 Å². The first-order valence-electron chi connectivity index (χ1n) is 7.73. The SMILES string of the molecule is CCSCCC(C)N1C(=O)C(C)(CC)NC1c1ccsc1. The highest BCUT2D eigenvalue weighted by Gasteiger charge is 2.48. The van der Waals surface area contributed by atoms with Crippen molar-refractivity contribution in [2.24, 2.45) is 0 Å². The molecule has 1 aliphatic rings. The summed E-state index contributed by atoms with van der Waals surface area (Å²) in [5, 5.41) is 7.79. The van der Waals surface area contributed by atoms with Gasteiger partial charge in [-0.2, -0.15) is 23.1 Å². The third-order valence-corrected chi connectivity index (χ3v) is 6.00. The molecule has 0 aromatic carbocycles. The standard InChI is InChI=1S/C16H26N2OS2/c1-5-16(4)15(19)18(12(3)7-9-20-6-2)14(17-16)13-8-10-21-11-13/h8,10-12,14,17H,5-7,9H2,1-4H3. The molecule has 2 heterocycles. The van der Waals surface area contributed by atoms with E-state index in [-0.39, 0.29) is 18.1 Å². The van der Waals surface area contributed by atoms with E-state index in [4.69, 9.17) is 0 Å². The smallest absolute Gasteiger partial charge is 0.244 e. The monoisotopic (exact) mass is 326 g/mol. The molecule has 0 radical (unpaired) electrons. The van der Waals surface area contributed by atoms with Crippen LogP contribution in [0, 0.1) is 0 Å².